The zero-order valence-electron chi connectivity index (χ0n) is 9.88. The van der Waals surface area contributed by atoms with E-state index in [4.69, 9.17) is 4.74 Å². The lowest BCUT2D eigenvalue weighted by Gasteiger charge is -2.32. The second kappa shape index (κ2) is 6.41. The summed E-state index contributed by atoms with van der Waals surface area (Å²) in [6.07, 6.45) is 4.07. The van der Waals surface area contributed by atoms with Gasteiger partial charge >= 0.3 is 0 Å². The number of hydrogen-bond acceptors (Lipinski definition) is 2. The van der Waals surface area contributed by atoms with Crippen molar-refractivity contribution in [2.75, 3.05) is 19.8 Å². The Bertz CT molecular complexity index is 149. The third kappa shape index (κ3) is 3.97. The number of ether oxygens (including phenoxy) is 1. The third-order valence-electron chi connectivity index (χ3n) is 3.48. The van der Waals surface area contributed by atoms with Crippen molar-refractivity contribution in [3.63, 3.8) is 0 Å². The van der Waals surface area contributed by atoms with Gasteiger partial charge in [0.15, 0.2) is 0 Å². The summed E-state index contributed by atoms with van der Waals surface area (Å²) in [5.74, 6) is 1.80. The van der Waals surface area contributed by atoms with Gasteiger partial charge in [0.2, 0.25) is 0 Å². The first kappa shape index (κ1) is 12.0. The van der Waals surface area contributed by atoms with Gasteiger partial charge in [0.25, 0.3) is 0 Å². The van der Waals surface area contributed by atoms with Crippen molar-refractivity contribution >= 4 is 0 Å². The molecule has 1 fully saturated rings. The van der Waals surface area contributed by atoms with Crippen molar-refractivity contribution in [2.24, 2.45) is 11.8 Å². The maximum atomic E-state index is 5.31. The van der Waals surface area contributed by atoms with Crippen LogP contribution in [0.4, 0.5) is 0 Å². The van der Waals surface area contributed by atoms with Crippen LogP contribution >= 0.6 is 0 Å². The van der Waals surface area contributed by atoms with Gasteiger partial charge < -0.3 is 10.1 Å². The van der Waals surface area contributed by atoms with Crippen molar-refractivity contribution < 1.29 is 4.74 Å². The molecule has 0 radical (unpaired) electrons. The van der Waals surface area contributed by atoms with E-state index in [1.54, 1.807) is 0 Å². The van der Waals surface area contributed by atoms with Gasteiger partial charge in [0, 0.05) is 19.2 Å². The smallest absolute Gasteiger partial charge is 0.0590 e. The molecule has 1 N–H and O–H groups in total. The Morgan fingerprint density at radius 2 is 2.00 bits per heavy atom. The standard InChI is InChI=1S/C12H25NO/c1-4-14-8-7-13-12-6-5-10(2)11(3)9-12/h10-13H,4-9H2,1-3H3/t10-,11-,12+/m1/s1. The van der Waals surface area contributed by atoms with Gasteiger partial charge in [-0.2, -0.15) is 0 Å². The molecule has 0 aromatic carbocycles. The van der Waals surface area contributed by atoms with E-state index in [-0.39, 0.29) is 0 Å². The largest absolute Gasteiger partial charge is 0.380 e. The molecule has 0 aromatic rings. The molecule has 2 heteroatoms. The van der Waals surface area contributed by atoms with E-state index < -0.39 is 0 Å². The molecule has 3 atom stereocenters. The fraction of sp³-hybridized carbons (Fsp3) is 1.00. The quantitative estimate of drug-likeness (QED) is 0.687. The minimum absolute atomic E-state index is 0.738. The fourth-order valence-corrected chi connectivity index (χ4v) is 2.21. The van der Waals surface area contributed by atoms with E-state index in [9.17, 15) is 0 Å². The Morgan fingerprint density at radius 1 is 1.21 bits per heavy atom. The lowest BCUT2D eigenvalue weighted by Crippen LogP contribution is -2.37. The average Bonchev–Trinajstić information content (AvgIpc) is 2.18. The molecule has 2 nitrogen and oxygen atoms in total. The topological polar surface area (TPSA) is 21.3 Å². The van der Waals surface area contributed by atoms with Crippen molar-refractivity contribution in [1.29, 1.82) is 0 Å². The van der Waals surface area contributed by atoms with Gasteiger partial charge in [-0.1, -0.05) is 13.8 Å². The normalized spacial score (nSPS) is 33.2. The maximum absolute atomic E-state index is 5.31. The summed E-state index contributed by atoms with van der Waals surface area (Å²) in [5, 5.41) is 3.58. The van der Waals surface area contributed by atoms with Crippen molar-refractivity contribution in [1.82, 2.24) is 5.32 Å². The average molecular weight is 199 g/mol. The van der Waals surface area contributed by atoms with Crippen molar-refractivity contribution in [3.05, 3.63) is 0 Å². The first-order valence-electron chi connectivity index (χ1n) is 6.05. The van der Waals surface area contributed by atoms with Gasteiger partial charge in [-0.3, -0.25) is 0 Å². The molecule has 0 spiro atoms. The number of nitrogens with one attached hydrogen (secondary N) is 1. The highest BCUT2D eigenvalue weighted by molar-refractivity contribution is 4.79. The summed E-state index contributed by atoms with van der Waals surface area (Å²) in [4.78, 5) is 0. The van der Waals surface area contributed by atoms with E-state index in [2.05, 4.69) is 19.2 Å². The molecule has 0 saturated heterocycles. The van der Waals surface area contributed by atoms with Crippen molar-refractivity contribution in [3.8, 4) is 0 Å². The molecule has 0 amide bonds. The Kier molecular flexibility index (Phi) is 5.49. The molecular formula is C12H25NO. The Hall–Kier alpha value is -0.0800. The van der Waals surface area contributed by atoms with Crippen LogP contribution in [0, 0.1) is 11.8 Å². The van der Waals surface area contributed by atoms with Gasteiger partial charge in [0.1, 0.15) is 0 Å². The first-order valence-corrected chi connectivity index (χ1v) is 6.05. The molecule has 0 heterocycles. The monoisotopic (exact) mass is 199 g/mol. The molecule has 0 bridgehead atoms. The number of rotatable bonds is 5. The third-order valence-corrected chi connectivity index (χ3v) is 3.48. The predicted octanol–water partition coefficient (Wildman–Crippen LogP) is 2.44. The summed E-state index contributed by atoms with van der Waals surface area (Å²) >= 11 is 0. The van der Waals surface area contributed by atoms with Gasteiger partial charge in [-0.25, -0.2) is 0 Å². The highest BCUT2D eigenvalue weighted by Gasteiger charge is 2.23. The zero-order valence-corrected chi connectivity index (χ0v) is 9.88. The van der Waals surface area contributed by atoms with E-state index in [1.807, 2.05) is 6.92 Å². The van der Waals surface area contributed by atoms with Crippen LogP contribution in [0.2, 0.25) is 0 Å². The van der Waals surface area contributed by atoms with Crippen LogP contribution in [0.25, 0.3) is 0 Å². The molecule has 1 aliphatic carbocycles. The Labute approximate surface area is 88.4 Å². The Balaban J connectivity index is 2.07. The molecule has 84 valence electrons. The van der Waals surface area contributed by atoms with Crippen LogP contribution in [0.15, 0.2) is 0 Å². The fourth-order valence-electron chi connectivity index (χ4n) is 2.21. The molecule has 14 heavy (non-hydrogen) atoms. The molecular weight excluding hydrogens is 174 g/mol. The zero-order chi connectivity index (χ0) is 10.4. The molecule has 1 rings (SSSR count). The van der Waals surface area contributed by atoms with E-state index in [0.29, 0.717) is 0 Å². The van der Waals surface area contributed by atoms with Crippen LogP contribution in [-0.2, 0) is 4.74 Å². The van der Waals surface area contributed by atoms with E-state index in [1.165, 1.54) is 19.3 Å². The van der Waals surface area contributed by atoms with Crippen LogP contribution in [0.5, 0.6) is 0 Å². The lowest BCUT2D eigenvalue weighted by molar-refractivity contribution is 0.140. The molecule has 0 aromatic heterocycles. The molecule has 0 unspecified atom stereocenters. The second-order valence-electron chi connectivity index (χ2n) is 4.62. The van der Waals surface area contributed by atoms with E-state index >= 15 is 0 Å². The minimum atomic E-state index is 0.738. The molecule has 0 aliphatic heterocycles. The summed E-state index contributed by atoms with van der Waals surface area (Å²) in [7, 11) is 0. The predicted molar refractivity (Wildman–Crippen MR) is 60.5 cm³/mol. The number of hydrogen-bond donors (Lipinski definition) is 1. The van der Waals surface area contributed by atoms with Gasteiger partial charge in [-0.15, -0.1) is 0 Å². The molecule has 1 aliphatic rings. The lowest BCUT2D eigenvalue weighted by atomic mass is 9.79. The second-order valence-corrected chi connectivity index (χ2v) is 4.62. The van der Waals surface area contributed by atoms with Crippen LogP contribution < -0.4 is 5.32 Å². The van der Waals surface area contributed by atoms with Gasteiger partial charge in [0.05, 0.1) is 6.61 Å². The minimum Gasteiger partial charge on any atom is -0.380 e. The summed E-state index contributed by atoms with van der Waals surface area (Å²) in [6.45, 7) is 9.50. The van der Waals surface area contributed by atoms with Gasteiger partial charge in [-0.05, 0) is 38.0 Å². The van der Waals surface area contributed by atoms with Crippen LogP contribution in [0.3, 0.4) is 0 Å². The van der Waals surface area contributed by atoms with Crippen LogP contribution in [0.1, 0.15) is 40.0 Å². The highest BCUT2D eigenvalue weighted by Crippen LogP contribution is 2.29. The van der Waals surface area contributed by atoms with Crippen LogP contribution in [-0.4, -0.2) is 25.8 Å². The SMILES string of the molecule is CCOCCN[C@H]1CC[C@@H](C)[C@H](C)C1. The highest BCUT2D eigenvalue weighted by atomic mass is 16.5. The summed E-state index contributed by atoms with van der Waals surface area (Å²) in [5.41, 5.74) is 0. The summed E-state index contributed by atoms with van der Waals surface area (Å²) in [6, 6.07) is 0.738. The van der Waals surface area contributed by atoms with Crippen molar-refractivity contribution in [2.45, 2.75) is 46.1 Å². The Morgan fingerprint density at radius 3 is 2.64 bits per heavy atom. The molecule has 1 saturated carbocycles. The maximum Gasteiger partial charge on any atom is 0.0590 e. The van der Waals surface area contributed by atoms with E-state index in [0.717, 1.165) is 37.6 Å². The summed E-state index contributed by atoms with van der Waals surface area (Å²) < 4.78 is 5.31. The first-order chi connectivity index (χ1) is 6.74.